The van der Waals surface area contributed by atoms with Gasteiger partial charge in [-0.25, -0.2) is 5.84 Å². The van der Waals surface area contributed by atoms with E-state index in [-0.39, 0.29) is 5.11 Å². The van der Waals surface area contributed by atoms with Crippen LogP contribution in [-0.4, -0.2) is 16.6 Å². The van der Waals surface area contributed by atoms with Crippen LogP contribution in [-0.2, 0) is 4.79 Å². The highest BCUT2D eigenvalue weighted by molar-refractivity contribution is 7.80. The number of hydrogen-bond donors (Lipinski definition) is 4. The highest BCUT2D eigenvalue weighted by Crippen LogP contribution is 2.07. The van der Waals surface area contributed by atoms with Gasteiger partial charge in [-0.2, -0.15) is 0 Å². The first-order valence-corrected chi connectivity index (χ1v) is 3.95. The Morgan fingerprint density at radius 3 is 2.42 bits per heavy atom. The average molecular weight is 190 g/mol. The van der Waals surface area contributed by atoms with E-state index in [1.807, 2.05) is 6.92 Å². The summed E-state index contributed by atoms with van der Waals surface area (Å²) in [5, 5.41) is 2.92. The molecule has 0 fully saturated rings. The molecule has 0 aromatic carbocycles. The van der Waals surface area contributed by atoms with E-state index in [4.69, 9.17) is 23.8 Å². The third-order valence-corrected chi connectivity index (χ3v) is 1.99. The minimum atomic E-state index is -0.830. The fourth-order valence-corrected chi connectivity index (χ4v) is 0.836. The SMILES string of the molecule is CCC(C)(NC(=S)NN)C(N)=O. The number of rotatable bonds is 3. The molecule has 1 atom stereocenters. The van der Waals surface area contributed by atoms with Crippen molar-refractivity contribution in [2.24, 2.45) is 11.6 Å². The fraction of sp³-hybridized carbons (Fsp3) is 0.667. The normalized spacial score (nSPS) is 14.6. The van der Waals surface area contributed by atoms with Gasteiger partial charge in [0.2, 0.25) is 5.91 Å². The molecule has 0 saturated carbocycles. The number of thiocarbonyl (C=S) groups is 1. The molecule has 0 radical (unpaired) electrons. The van der Waals surface area contributed by atoms with Gasteiger partial charge in [0.25, 0.3) is 0 Å². The monoisotopic (exact) mass is 190 g/mol. The summed E-state index contributed by atoms with van der Waals surface area (Å²) in [6.45, 7) is 3.50. The van der Waals surface area contributed by atoms with E-state index in [0.717, 1.165) is 0 Å². The molecule has 0 aromatic rings. The summed E-state index contributed by atoms with van der Waals surface area (Å²) in [5.74, 6) is 4.57. The summed E-state index contributed by atoms with van der Waals surface area (Å²) in [5.41, 5.74) is 6.55. The van der Waals surface area contributed by atoms with Gasteiger partial charge >= 0.3 is 0 Å². The third-order valence-electron chi connectivity index (χ3n) is 1.77. The highest BCUT2D eigenvalue weighted by atomic mass is 32.1. The molecule has 6 heteroatoms. The molecule has 1 amide bonds. The molecule has 0 rings (SSSR count). The summed E-state index contributed by atoms with van der Waals surface area (Å²) in [6, 6.07) is 0. The summed E-state index contributed by atoms with van der Waals surface area (Å²) >= 11 is 4.73. The van der Waals surface area contributed by atoms with E-state index < -0.39 is 11.4 Å². The number of carbonyl (C=O) groups excluding carboxylic acids is 1. The van der Waals surface area contributed by atoms with Gasteiger partial charge in [-0.05, 0) is 25.6 Å². The molecule has 0 aliphatic carbocycles. The van der Waals surface area contributed by atoms with Crippen molar-refractivity contribution in [3.8, 4) is 0 Å². The zero-order valence-corrected chi connectivity index (χ0v) is 7.99. The van der Waals surface area contributed by atoms with Gasteiger partial charge in [-0.15, -0.1) is 0 Å². The van der Waals surface area contributed by atoms with Crippen molar-refractivity contribution in [2.75, 3.05) is 0 Å². The van der Waals surface area contributed by atoms with Gasteiger partial charge in [-0.3, -0.25) is 4.79 Å². The van der Waals surface area contributed by atoms with Crippen molar-refractivity contribution >= 4 is 23.2 Å². The van der Waals surface area contributed by atoms with Crippen molar-refractivity contribution in [3.05, 3.63) is 0 Å². The Balaban J connectivity index is 4.34. The lowest BCUT2D eigenvalue weighted by atomic mass is 9.99. The third kappa shape index (κ3) is 2.63. The predicted molar refractivity (Wildman–Crippen MR) is 50.9 cm³/mol. The topological polar surface area (TPSA) is 93.2 Å². The standard InChI is InChI=1S/C6H14N4OS/c1-3-6(2,4(7)11)9-5(12)10-8/h3,8H2,1-2H3,(H2,7,11)(H2,9,10,12). The molecule has 0 saturated heterocycles. The number of primary amides is 1. The molecule has 12 heavy (non-hydrogen) atoms. The minimum Gasteiger partial charge on any atom is -0.368 e. The summed E-state index contributed by atoms with van der Waals surface area (Å²) in [4.78, 5) is 10.9. The summed E-state index contributed by atoms with van der Waals surface area (Å²) in [7, 11) is 0. The van der Waals surface area contributed by atoms with Crippen LogP contribution in [0.1, 0.15) is 20.3 Å². The number of hydrazine groups is 1. The lowest BCUT2D eigenvalue weighted by molar-refractivity contribution is -0.123. The molecule has 0 bridgehead atoms. The lowest BCUT2D eigenvalue weighted by Crippen LogP contribution is -2.58. The van der Waals surface area contributed by atoms with E-state index in [0.29, 0.717) is 6.42 Å². The Labute approximate surface area is 76.8 Å². The van der Waals surface area contributed by atoms with Crippen LogP contribution in [0.25, 0.3) is 0 Å². The molecule has 0 aliphatic rings. The van der Waals surface area contributed by atoms with E-state index in [2.05, 4.69) is 10.7 Å². The van der Waals surface area contributed by atoms with Gasteiger partial charge in [0.15, 0.2) is 5.11 Å². The largest absolute Gasteiger partial charge is 0.368 e. The molecule has 6 N–H and O–H groups in total. The fourth-order valence-electron chi connectivity index (χ4n) is 0.611. The van der Waals surface area contributed by atoms with Gasteiger partial charge < -0.3 is 16.5 Å². The van der Waals surface area contributed by atoms with Crippen molar-refractivity contribution in [1.82, 2.24) is 10.7 Å². The van der Waals surface area contributed by atoms with Crippen LogP contribution in [0.5, 0.6) is 0 Å². The number of carbonyl (C=O) groups is 1. The van der Waals surface area contributed by atoms with Crippen LogP contribution in [0, 0.1) is 0 Å². The zero-order valence-electron chi connectivity index (χ0n) is 7.18. The molecule has 5 nitrogen and oxygen atoms in total. The first-order chi connectivity index (χ1) is 5.46. The van der Waals surface area contributed by atoms with Gasteiger partial charge in [-0.1, -0.05) is 6.92 Å². The van der Waals surface area contributed by atoms with Crippen LogP contribution in [0.3, 0.4) is 0 Å². The first kappa shape index (κ1) is 11.1. The van der Waals surface area contributed by atoms with Crippen LogP contribution in [0.4, 0.5) is 0 Å². The molecular weight excluding hydrogens is 176 g/mol. The van der Waals surface area contributed by atoms with Crippen molar-refractivity contribution in [2.45, 2.75) is 25.8 Å². The Kier molecular flexibility index (Phi) is 3.91. The van der Waals surface area contributed by atoms with Gasteiger partial charge in [0.05, 0.1) is 0 Å². The maximum Gasteiger partial charge on any atom is 0.242 e. The van der Waals surface area contributed by atoms with Crippen LogP contribution in [0.2, 0.25) is 0 Å². The van der Waals surface area contributed by atoms with E-state index >= 15 is 0 Å². The Hall–Kier alpha value is -0.880. The van der Waals surface area contributed by atoms with E-state index in [9.17, 15) is 4.79 Å². The average Bonchev–Trinajstić information content (AvgIpc) is 2.03. The number of nitrogens with two attached hydrogens (primary N) is 2. The molecule has 0 aromatic heterocycles. The Bertz CT molecular complexity index is 196. The Morgan fingerprint density at radius 2 is 2.17 bits per heavy atom. The van der Waals surface area contributed by atoms with Crippen molar-refractivity contribution in [3.63, 3.8) is 0 Å². The lowest BCUT2D eigenvalue weighted by Gasteiger charge is -2.26. The maximum absolute atomic E-state index is 10.9. The molecule has 0 spiro atoms. The molecule has 0 heterocycles. The van der Waals surface area contributed by atoms with Crippen molar-refractivity contribution < 1.29 is 4.79 Å². The van der Waals surface area contributed by atoms with Crippen LogP contribution < -0.4 is 22.3 Å². The smallest absolute Gasteiger partial charge is 0.242 e. The predicted octanol–water partition coefficient (Wildman–Crippen LogP) is -1.02. The summed E-state index contributed by atoms with van der Waals surface area (Å²) in [6.07, 6.45) is 0.546. The summed E-state index contributed by atoms with van der Waals surface area (Å²) < 4.78 is 0. The molecule has 1 unspecified atom stereocenters. The first-order valence-electron chi connectivity index (χ1n) is 3.55. The second-order valence-corrected chi connectivity index (χ2v) is 3.06. The van der Waals surface area contributed by atoms with Crippen molar-refractivity contribution in [1.29, 1.82) is 0 Å². The second kappa shape index (κ2) is 4.22. The van der Waals surface area contributed by atoms with E-state index in [1.54, 1.807) is 6.92 Å². The number of amides is 1. The van der Waals surface area contributed by atoms with Crippen LogP contribution in [0.15, 0.2) is 0 Å². The zero-order chi connectivity index (χ0) is 9.78. The van der Waals surface area contributed by atoms with Gasteiger partial charge in [0, 0.05) is 0 Å². The van der Waals surface area contributed by atoms with Crippen LogP contribution >= 0.6 is 12.2 Å². The van der Waals surface area contributed by atoms with E-state index in [1.165, 1.54) is 0 Å². The number of nitrogens with one attached hydrogen (secondary N) is 2. The molecular formula is C6H14N4OS. The minimum absolute atomic E-state index is 0.207. The second-order valence-electron chi connectivity index (χ2n) is 2.65. The Morgan fingerprint density at radius 1 is 1.67 bits per heavy atom. The quantitative estimate of drug-likeness (QED) is 0.260. The molecule has 0 aliphatic heterocycles. The van der Waals surface area contributed by atoms with Gasteiger partial charge in [0.1, 0.15) is 5.54 Å². The highest BCUT2D eigenvalue weighted by Gasteiger charge is 2.29. The number of hydrogen-bond acceptors (Lipinski definition) is 3. The maximum atomic E-state index is 10.9. The molecule has 70 valence electrons.